The van der Waals surface area contributed by atoms with Gasteiger partial charge in [0, 0.05) is 17.9 Å². The van der Waals surface area contributed by atoms with Gasteiger partial charge in [0.1, 0.15) is 11.6 Å². The largest absolute Gasteiger partial charge is 0.493 e. The van der Waals surface area contributed by atoms with Crippen LogP contribution in [-0.2, 0) is 6.42 Å². The number of aromatic nitrogens is 2. The van der Waals surface area contributed by atoms with Crippen LogP contribution in [0.1, 0.15) is 30.0 Å². The van der Waals surface area contributed by atoms with Gasteiger partial charge in [-0.25, -0.2) is 9.97 Å². The Morgan fingerprint density at radius 1 is 1.25 bits per heavy atom. The molecule has 2 N–H and O–H groups in total. The molecule has 0 atom stereocenters. The zero-order valence-electron chi connectivity index (χ0n) is 10.9. The first kappa shape index (κ1) is 12.4. The van der Waals surface area contributed by atoms with E-state index in [1.165, 1.54) is 18.4 Å². The molecule has 4 nitrogen and oxygen atoms in total. The molecule has 1 saturated carbocycles. The Balaban J connectivity index is 1.82. The molecule has 0 radical (unpaired) electrons. The number of hydrogen-bond acceptors (Lipinski definition) is 4. The maximum Gasteiger partial charge on any atom is 0.161 e. The van der Waals surface area contributed by atoms with Crippen molar-refractivity contribution >= 4 is 28.4 Å². The minimum absolute atomic E-state index is 0.573. The number of halogens is 1. The van der Waals surface area contributed by atoms with Gasteiger partial charge in [-0.05, 0) is 59.2 Å². The highest BCUT2D eigenvalue weighted by molar-refractivity contribution is 14.1. The highest BCUT2D eigenvalue weighted by Gasteiger charge is 2.29. The monoisotopic (exact) mass is 379 g/mol. The average molecular weight is 379 g/mol. The Bertz CT molecular complexity index is 698. The van der Waals surface area contributed by atoms with E-state index in [2.05, 4.69) is 33.6 Å². The van der Waals surface area contributed by atoms with Crippen LogP contribution in [0.15, 0.2) is 18.2 Å². The lowest BCUT2D eigenvalue weighted by Crippen LogP contribution is -2.04. The second-order valence-electron chi connectivity index (χ2n) is 5.33. The molecule has 2 aliphatic rings. The molecule has 1 aromatic heterocycles. The average Bonchev–Trinajstić information content (AvgIpc) is 3.18. The molecule has 5 heteroatoms. The van der Waals surface area contributed by atoms with Crippen molar-refractivity contribution in [3.8, 4) is 17.1 Å². The molecule has 1 fully saturated rings. The fourth-order valence-corrected chi connectivity index (χ4v) is 3.25. The van der Waals surface area contributed by atoms with E-state index in [-0.39, 0.29) is 0 Å². The summed E-state index contributed by atoms with van der Waals surface area (Å²) in [6, 6.07) is 6.15. The molecule has 20 heavy (non-hydrogen) atoms. The second kappa shape index (κ2) is 4.58. The summed E-state index contributed by atoms with van der Waals surface area (Å²) in [5, 5.41) is 0. The van der Waals surface area contributed by atoms with Crippen molar-refractivity contribution in [2.75, 3.05) is 12.3 Å². The van der Waals surface area contributed by atoms with Gasteiger partial charge in [-0.15, -0.1) is 0 Å². The molecule has 0 saturated heterocycles. The molecule has 2 aromatic rings. The van der Waals surface area contributed by atoms with Crippen molar-refractivity contribution in [1.29, 1.82) is 0 Å². The molecule has 102 valence electrons. The summed E-state index contributed by atoms with van der Waals surface area (Å²) in [6.45, 7) is 0.766. The van der Waals surface area contributed by atoms with Gasteiger partial charge in [0.15, 0.2) is 5.82 Å². The first-order chi connectivity index (χ1) is 9.72. The number of fused-ring (bicyclic) bond motifs is 1. The molecular weight excluding hydrogens is 365 g/mol. The van der Waals surface area contributed by atoms with Crippen molar-refractivity contribution in [2.45, 2.75) is 25.2 Å². The maximum absolute atomic E-state index is 6.05. The Labute approximate surface area is 130 Å². The number of nitrogen functional groups attached to an aromatic ring is 1. The predicted octanol–water partition coefficient (Wildman–Crippen LogP) is 3.14. The first-order valence-corrected chi connectivity index (χ1v) is 7.89. The Morgan fingerprint density at radius 2 is 2.10 bits per heavy atom. The molecular formula is C15H14IN3O. The standard InChI is InChI=1S/C15H14IN3O/c16-12-13(8-1-2-8)18-15(19-14(12)17)10-3-4-11-9(7-10)5-6-20-11/h3-4,7-8H,1-2,5-6H2,(H2,17,18,19). The Hall–Kier alpha value is -1.37. The Kier molecular flexibility index (Phi) is 2.83. The lowest BCUT2D eigenvalue weighted by molar-refractivity contribution is 0.357. The summed E-state index contributed by atoms with van der Waals surface area (Å²) >= 11 is 2.26. The molecule has 0 unspecified atom stereocenters. The van der Waals surface area contributed by atoms with Crippen LogP contribution in [0, 0.1) is 3.57 Å². The fourth-order valence-electron chi connectivity index (χ4n) is 2.56. The summed E-state index contributed by atoms with van der Waals surface area (Å²) in [6.07, 6.45) is 3.38. The van der Waals surface area contributed by atoms with Crippen LogP contribution in [0.25, 0.3) is 11.4 Å². The van der Waals surface area contributed by atoms with Crippen LogP contribution in [0.4, 0.5) is 5.82 Å². The van der Waals surface area contributed by atoms with Gasteiger partial charge < -0.3 is 10.5 Å². The van der Waals surface area contributed by atoms with E-state index in [0.717, 1.165) is 39.4 Å². The number of benzene rings is 1. The SMILES string of the molecule is Nc1nc(-c2ccc3c(c2)CCO3)nc(C2CC2)c1I. The van der Waals surface area contributed by atoms with Crippen molar-refractivity contribution in [3.05, 3.63) is 33.0 Å². The van der Waals surface area contributed by atoms with E-state index in [1.807, 2.05) is 12.1 Å². The normalized spacial score (nSPS) is 16.9. The molecule has 2 heterocycles. The Morgan fingerprint density at radius 3 is 2.90 bits per heavy atom. The smallest absolute Gasteiger partial charge is 0.161 e. The molecule has 0 amide bonds. The number of nitrogens with two attached hydrogens (primary N) is 1. The van der Waals surface area contributed by atoms with Gasteiger partial charge in [0.25, 0.3) is 0 Å². The van der Waals surface area contributed by atoms with E-state index >= 15 is 0 Å². The van der Waals surface area contributed by atoms with Crippen molar-refractivity contribution in [3.63, 3.8) is 0 Å². The molecule has 1 aromatic carbocycles. The fraction of sp³-hybridized carbons (Fsp3) is 0.333. The van der Waals surface area contributed by atoms with Crippen LogP contribution in [0.3, 0.4) is 0 Å². The highest BCUT2D eigenvalue weighted by Crippen LogP contribution is 2.42. The predicted molar refractivity (Wildman–Crippen MR) is 85.8 cm³/mol. The number of hydrogen-bond donors (Lipinski definition) is 1. The van der Waals surface area contributed by atoms with Crippen LogP contribution in [0.2, 0.25) is 0 Å². The summed E-state index contributed by atoms with van der Waals surface area (Å²) in [7, 11) is 0. The third-order valence-electron chi connectivity index (χ3n) is 3.81. The van der Waals surface area contributed by atoms with E-state index < -0.39 is 0 Å². The van der Waals surface area contributed by atoms with Gasteiger partial charge in [-0.2, -0.15) is 0 Å². The van der Waals surface area contributed by atoms with Crippen LogP contribution < -0.4 is 10.5 Å². The van der Waals surface area contributed by atoms with E-state index in [4.69, 9.17) is 15.5 Å². The van der Waals surface area contributed by atoms with E-state index in [0.29, 0.717) is 11.7 Å². The minimum atomic E-state index is 0.573. The molecule has 4 rings (SSSR count). The summed E-state index contributed by atoms with van der Waals surface area (Å²) < 4.78 is 6.55. The highest BCUT2D eigenvalue weighted by atomic mass is 127. The van der Waals surface area contributed by atoms with Gasteiger partial charge in [-0.1, -0.05) is 0 Å². The topological polar surface area (TPSA) is 61.0 Å². The lowest BCUT2D eigenvalue weighted by Gasteiger charge is -2.09. The summed E-state index contributed by atoms with van der Waals surface area (Å²) in [4.78, 5) is 9.21. The summed E-state index contributed by atoms with van der Waals surface area (Å²) in [5.41, 5.74) is 9.43. The number of anilines is 1. The molecule has 0 spiro atoms. The lowest BCUT2D eigenvalue weighted by atomic mass is 10.1. The van der Waals surface area contributed by atoms with Gasteiger partial charge >= 0.3 is 0 Å². The van der Waals surface area contributed by atoms with E-state index in [1.54, 1.807) is 0 Å². The zero-order valence-corrected chi connectivity index (χ0v) is 13.1. The van der Waals surface area contributed by atoms with Crippen LogP contribution in [0.5, 0.6) is 5.75 Å². The van der Waals surface area contributed by atoms with Gasteiger partial charge in [0.05, 0.1) is 15.9 Å². The number of nitrogens with zero attached hydrogens (tertiary/aromatic N) is 2. The van der Waals surface area contributed by atoms with Crippen LogP contribution >= 0.6 is 22.6 Å². The number of ether oxygens (including phenoxy) is 1. The van der Waals surface area contributed by atoms with Crippen molar-refractivity contribution in [1.82, 2.24) is 9.97 Å². The first-order valence-electron chi connectivity index (χ1n) is 6.81. The number of rotatable bonds is 2. The van der Waals surface area contributed by atoms with Crippen molar-refractivity contribution < 1.29 is 4.74 Å². The third kappa shape index (κ3) is 2.04. The zero-order chi connectivity index (χ0) is 13.7. The molecule has 0 bridgehead atoms. The second-order valence-corrected chi connectivity index (χ2v) is 6.41. The van der Waals surface area contributed by atoms with Crippen LogP contribution in [-0.4, -0.2) is 16.6 Å². The van der Waals surface area contributed by atoms with Gasteiger partial charge in [0.2, 0.25) is 0 Å². The molecule has 1 aliphatic heterocycles. The van der Waals surface area contributed by atoms with E-state index in [9.17, 15) is 0 Å². The maximum atomic E-state index is 6.05. The summed E-state index contributed by atoms with van der Waals surface area (Å²) in [5.74, 6) is 2.88. The van der Waals surface area contributed by atoms with Gasteiger partial charge in [-0.3, -0.25) is 0 Å². The quantitative estimate of drug-likeness (QED) is 0.815. The van der Waals surface area contributed by atoms with Crippen molar-refractivity contribution in [2.24, 2.45) is 0 Å². The molecule has 1 aliphatic carbocycles. The minimum Gasteiger partial charge on any atom is -0.493 e. The third-order valence-corrected chi connectivity index (χ3v) is 4.92.